The first-order chi connectivity index (χ1) is 15.7. The van der Waals surface area contributed by atoms with Crippen LogP contribution < -0.4 is 0 Å². The molecule has 0 aromatic carbocycles. The van der Waals surface area contributed by atoms with Gasteiger partial charge < -0.3 is 24.4 Å². The van der Waals surface area contributed by atoms with Crippen LogP contribution in [0.5, 0.6) is 0 Å². The van der Waals surface area contributed by atoms with E-state index in [2.05, 4.69) is 13.5 Å². The SMILES string of the molecule is C=CCN(CCCC)C(=O)C1N([C@@H](CC)CO)C(=O)[C@@H]2[C@H](C(=O)OCC)[C@@]3(C)OC12CC3C. The molecular weight excluding hydrogens is 424 g/mol. The van der Waals surface area contributed by atoms with Gasteiger partial charge in [-0.2, -0.15) is 0 Å². The van der Waals surface area contributed by atoms with E-state index < -0.39 is 41.1 Å². The third-order valence-corrected chi connectivity index (χ3v) is 8.05. The highest BCUT2D eigenvalue weighted by molar-refractivity contribution is 5.98. The molecule has 3 aliphatic rings. The summed E-state index contributed by atoms with van der Waals surface area (Å²) < 4.78 is 12.0. The average molecular weight is 465 g/mol. The Morgan fingerprint density at radius 2 is 2.09 bits per heavy atom. The van der Waals surface area contributed by atoms with Gasteiger partial charge in [0.2, 0.25) is 11.8 Å². The molecule has 8 heteroatoms. The predicted molar refractivity (Wildman–Crippen MR) is 123 cm³/mol. The summed E-state index contributed by atoms with van der Waals surface area (Å²) in [5, 5.41) is 10.1. The van der Waals surface area contributed by atoms with Gasteiger partial charge in [-0.15, -0.1) is 6.58 Å². The number of esters is 1. The molecule has 3 fully saturated rings. The average Bonchev–Trinajstić information content (AvgIpc) is 3.29. The van der Waals surface area contributed by atoms with Gasteiger partial charge in [0.25, 0.3) is 0 Å². The molecule has 3 heterocycles. The van der Waals surface area contributed by atoms with E-state index in [1.54, 1.807) is 17.9 Å². The number of ether oxygens (including phenoxy) is 2. The van der Waals surface area contributed by atoms with Crippen molar-refractivity contribution < 1.29 is 29.0 Å². The Balaban J connectivity index is 2.13. The highest BCUT2D eigenvalue weighted by Gasteiger charge is 2.80. The van der Waals surface area contributed by atoms with Gasteiger partial charge in [-0.05, 0) is 39.0 Å². The fourth-order valence-electron chi connectivity index (χ4n) is 6.32. The number of carbonyl (C=O) groups is 3. The number of likely N-dealkylation sites (tertiary alicyclic amines) is 1. The number of nitrogens with zero attached hydrogens (tertiary/aromatic N) is 2. The van der Waals surface area contributed by atoms with Gasteiger partial charge in [0.05, 0.1) is 30.8 Å². The molecule has 3 rings (SSSR count). The van der Waals surface area contributed by atoms with E-state index in [9.17, 15) is 19.5 Å². The second-order valence-corrected chi connectivity index (χ2v) is 9.87. The number of fused-ring (bicyclic) bond motifs is 1. The Morgan fingerprint density at radius 3 is 2.64 bits per heavy atom. The molecular formula is C25H40N2O6. The lowest BCUT2D eigenvalue weighted by molar-refractivity contribution is -0.163. The number of aliphatic hydroxyl groups excluding tert-OH is 1. The lowest BCUT2D eigenvalue weighted by Gasteiger charge is -2.39. The molecule has 3 unspecified atom stereocenters. The number of hydrogen-bond donors (Lipinski definition) is 1. The number of aliphatic hydroxyl groups is 1. The second kappa shape index (κ2) is 9.74. The molecule has 33 heavy (non-hydrogen) atoms. The summed E-state index contributed by atoms with van der Waals surface area (Å²) in [6, 6.07) is -1.43. The van der Waals surface area contributed by atoms with Crippen LogP contribution in [0, 0.1) is 17.8 Å². The van der Waals surface area contributed by atoms with Gasteiger partial charge in [-0.3, -0.25) is 14.4 Å². The Hall–Kier alpha value is -1.93. The monoisotopic (exact) mass is 464 g/mol. The van der Waals surface area contributed by atoms with Gasteiger partial charge >= 0.3 is 5.97 Å². The van der Waals surface area contributed by atoms with Crippen molar-refractivity contribution in [2.45, 2.75) is 83.6 Å². The first kappa shape index (κ1) is 25.7. The molecule has 186 valence electrons. The third kappa shape index (κ3) is 3.79. The minimum atomic E-state index is -1.12. The minimum Gasteiger partial charge on any atom is -0.466 e. The van der Waals surface area contributed by atoms with E-state index in [1.807, 2.05) is 20.8 Å². The van der Waals surface area contributed by atoms with Gasteiger partial charge in [0.1, 0.15) is 17.6 Å². The molecule has 0 aromatic rings. The zero-order chi connectivity index (χ0) is 24.6. The zero-order valence-corrected chi connectivity index (χ0v) is 20.7. The predicted octanol–water partition coefficient (Wildman–Crippen LogP) is 2.15. The Labute approximate surface area is 197 Å². The number of amides is 2. The van der Waals surface area contributed by atoms with E-state index in [1.165, 1.54) is 4.90 Å². The van der Waals surface area contributed by atoms with Crippen molar-refractivity contribution in [2.24, 2.45) is 17.8 Å². The summed E-state index contributed by atoms with van der Waals surface area (Å²) in [5.74, 6) is -2.57. The zero-order valence-electron chi connectivity index (χ0n) is 20.7. The van der Waals surface area contributed by atoms with Crippen molar-refractivity contribution in [3.05, 3.63) is 12.7 Å². The van der Waals surface area contributed by atoms with Crippen LogP contribution in [0.2, 0.25) is 0 Å². The number of unbranched alkanes of at least 4 members (excludes halogenated alkanes) is 1. The van der Waals surface area contributed by atoms with E-state index in [-0.39, 0.29) is 30.9 Å². The molecule has 0 aromatic heterocycles. The third-order valence-electron chi connectivity index (χ3n) is 8.05. The first-order valence-corrected chi connectivity index (χ1v) is 12.4. The molecule has 2 bridgehead atoms. The lowest BCUT2D eigenvalue weighted by atomic mass is 9.62. The smallest absolute Gasteiger partial charge is 0.312 e. The van der Waals surface area contributed by atoms with Crippen molar-refractivity contribution in [3.8, 4) is 0 Å². The largest absolute Gasteiger partial charge is 0.466 e. The fraction of sp³-hybridized carbons (Fsp3) is 0.800. The summed E-state index contributed by atoms with van der Waals surface area (Å²) in [4.78, 5) is 44.4. The maximum atomic E-state index is 14.1. The van der Waals surface area contributed by atoms with E-state index in [4.69, 9.17) is 9.47 Å². The topological polar surface area (TPSA) is 96.4 Å². The highest BCUT2D eigenvalue weighted by atomic mass is 16.6. The Morgan fingerprint density at radius 1 is 1.39 bits per heavy atom. The van der Waals surface area contributed by atoms with E-state index in [0.717, 1.165) is 12.8 Å². The minimum absolute atomic E-state index is 0.0381. The summed E-state index contributed by atoms with van der Waals surface area (Å²) in [7, 11) is 0. The van der Waals surface area contributed by atoms with Crippen molar-refractivity contribution in [3.63, 3.8) is 0 Å². The van der Waals surface area contributed by atoms with Crippen LogP contribution in [0.1, 0.15) is 60.3 Å². The number of carbonyl (C=O) groups excluding carboxylic acids is 3. The molecule has 3 aliphatic heterocycles. The molecule has 1 spiro atoms. The molecule has 7 atom stereocenters. The van der Waals surface area contributed by atoms with Gasteiger partial charge in [-0.25, -0.2) is 0 Å². The van der Waals surface area contributed by atoms with Gasteiger partial charge in [0, 0.05) is 13.1 Å². The summed E-state index contributed by atoms with van der Waals surface area (Å²) in [5.41, 5.74) is -2.00. The number of rotatable bonds is 11. The first-order valence-electron chi connectivity index (χ1n) is 12.4. The van der Waals surface area contributed by atoms with Crippen LogP contribution in [0.4, 0.5) is 0 Å². The molecule has 8 nitrogen and oxygen atoms in total. The van der Waals surface area contributed by atoms with Crippen LogP contribution in [0.25, 0.3) is 0 Å². The van der Waals surface area contributed by atoms with Crippen LogP contribution in [-0.4, -0.2) is 82.3 Å². The molecule has 0 aliphatic carbocycles. The summed E-state index contributed by atoms with van der Waals surface area (Å²) in [6.45, 7) is 14.2. The maximum Gasteiger partial charge on any atom is 0.312 e. The van der Waals surface area contributed by atoms with Crippen LogP contribution in [0.15, 0.2) is 12.7 Å². The standard InChI is InChI=1S/C25H40N2O6/c1-7-11-13-26(12-8-2)22(30)20-25-14-16(5)24(6,33-25)19(23(31)32-10-4)18(25)21(29)27(20)17(9-3)15-28/h8,16-20,28H,2,7,9-15H2,1,3-6H3/t16?,17-,18-,19+,20?,24-,25?/m0/s1. The summed E-state index contributed by atoms with van der Waals surface area (Å²) in [6.07, 6.45) is 4.43. The van der Waals surface area contributed by atoms with Gasteiger partial charge in [-0.1, -0.05) is 33.3 Å². The normalized spacial score (nSPS) is 35.5. The Kier molecular flexibility index (Phi) is 7.58. The molecule has 0 radical (unpaired) electrons. The van der Waals surface area contributed by atoms with Crippen LogP contribution >= 0.6 is 0 Å². The van der Waals surface area contributed by atoms with Crippen LogP contribution in [-0.2, 0) is 23.9 Å². The fourth-order valence-corrected chi connectivity index (χ4v) is 6.32. The molecule has 3 saturated heterocycles. The highest BCUT2D eigenvalue weighted by Crippen LogP contribution is 2.65. The van der Waals surface area contributed by atoms with Crippen LogP contribution in [0.3, 0.4) is 0 Å². The van der Waals surface area contributed by atoms with Crippen molar-refractivity contribution in [1.29, 1.82) is 0 Å². The van der Waals surface area contributed by atoms with Gasteiger partial charge in [0.15, 0.2) is 0 Å². The molecule has 0 saturated carbocycles. The summed E-state index contributed by atoms with van der Waals surface area (Å²) >= 11 is 0. The van der Waals surface area contributed by atoms with Crippen molar-refractivity contribution in [2.75, 3.05) is 26.3 Å². The van der Waals surface area contributed by atoms with Crippen molar-refractivity contribution >= 4 is 17.8 Å². The second-order valence-electron chi connectivity index (χ2n) is 9.87. The maximum absolute atomic E-state index is 14.1. The van der Waals surface area contributed by atoms with Crippen molar-refractivity contribution in [1.82, 2.24) is 9.80 Å². The number of hydrogen-bond acceptors (Lipinski definition) is 6. The lowest BCUT2D eigenvalue weighted by Crippen LogP contribution is -2.59. The molecule has 1 N–H and O–H groups in total. The molecule has 2 amide bonds. The Bertz CT molecular complexity index is 783. The van der Waals surface area contributed by atoms with E-state index in [0.29, 0.717) is 25.9 Å². The van der Waals surface area contributed by atoms with E-state index >= 15 is 0 Å². The quantitative estimate of drug-likeness (QED) is 0.372.